The highest BCUT2D eigenvalue weighted by atomic mass is 16.4. The molecule has 1 heterocycles. The summed E-state index contributed by atoms with van der Waals surface area (Å²) in [4.78, 5) is 22.0. The van der Waals surface area contributed by atoms with E-state index in [2.05, 4.69) is 5.32 Å². The summed E-state index contributed by atoms with van der Waals surface area (Å²) in [5, 5.41) is 11.0. The van der Waals surface area contributed by atoms with E-state index in [1.807, 2.05) is 0 Å². The Labute approximate surface area is 69.3 Å². The molecule has 0 unspecified atom stereocenters. The number of nitrogens with zero attached hydrogens (tertiary/aromatic N) is 1. The van der Waals surface area contributed by atoms with Crippen LogP contribution in [0.1, 0.15) is 0 Å². The summed E-state index contributed by atoms with van der Waals surface area (Å²) in [6.45, 7) is 0.933. The van der Waals surface area contributed by atoms with Crippen molar-refractivity contribution in [2.24, 2.45) is 5.73 Å². The third-order valence-electron chi connectivity index (χ3n) is 1.74. The molecule has 1 aliphatic heterocycles. The molecule has 1 aliphatic rings. The lowest BCUT2D eigenvalue weighted by Gasteiger charge is -2.38. The molecule has 0 radical (unpaired) electrons. The average Bonchev–Trinajstić information content (AvgIpc) is 1.82. The molecule has 0 spiro atoms. The van der Waals surface area contributed by atoms with E-state index in [1.165, 1.54) is 4.90 Å². The first kappa shape index (κ1) is 8.79. The van der Waals surface area contributed by atoms with Crippen molar-refractivity contribution in [2.45, 2.75) is 6.04 Å². The number of nitrogens with two attached hydrogens (primary N) is 1. The highest BCUT2D eigenvalue weighted by Crippen LogP contribution is 2.05. The molecule has 2 amide bonds. The van der Waals surface area contributed by atoms with Crippen molar-refractivity contribution in [3.8, 4) is 0 Å². The fourth-order valence-electron chi connectivity index (χ4n) is 1.02. The van der Waals surface area contributed by atoms with Crippen molar-refractivity contribution in [3.63, 3.8) is 0 Å². The average molecular weight is 173 g/mol. The van der Waals surface area contributed by atoms with Gasteiger partial charge in [-0.05, 0) is 0 Å². The van der Waals surface area contributed by atoms with Gasteiger partial charge in [-0.2, -0.15) is 0 Å². The van der Waals surface area contributed by atoms with E-state index in [4.69, 9.17) is 10.8 Å². The van der Waals surface area contributed by atoms with Crippen molar-refractivity contribution in [2.75, 3.05) is 19.6 Å². The zero-order chi connectivity index (χ0) is 9.14. The molecule has 0 bridgehead atoms. The Morgan fingerprint density at radius 3 is 2.58 bits per heavy atom. The monoisotopic (exact) mass is 173 g/mol. The van der Waals surface area contributed by atoms with Gasteiger partial charge in [0, 0.05) is 19.1 Å². The van der Waals surface area contributed by atoms with E-state index in [-0.39, 0.29) is 12.6 Å². The highest BCUT2D eigenvalue weighted by molar-refractivity contribution is 5.73. The number of urea groups is 1. The summed E-state index contributed by atoms with van der Waals surface area (Å²) < 4.78 is 0. The highest BCUT2D eigenvalue weighted by Gasteiger charge is 2.28. The van der Waals surface area contributed by atoms with E-state index in [9.17, 15) is 9.59 Å². The van der Waals surface area contributed by atoms with Gasteiger partial charge in [0.05, 0.1) is 6.54 Å². The van der Waals surface area contributed by atoms with Gasteiger partial charge in [-0.1, -0.05) is 0 Å². The van der Waals surface area contributed by atoms with Crippen molar-refractivity contribution < 1.29 is 14.7 Å². The number of carbonyl (C=O) groups is 2. The van der Waals surface area contributed by atoms with Crippen LogP contribution in [-0.4, -0.2) is 47.7 Å². The van der Waals surface area contributed by atoms with Gasteiger partial charge >= 0.3 is 12.0 Å². The van der Waals surface area contributed by atoms with Crippen LogP contribution in [0.5, 0.6) is 0 Å². The number of rotatable bonds is 3. The number of aliphatic carboxylic acids is 1. The number of primary amides is 1. The number of hydrogen-bond donors (Lipinski definition) is 3. The quantitative estimate of drug-likeness (QED) is 0.480. The van der Waals surface area contributed by atoms with Crippen LogP contribution >= 0.6 is 0 Å². The second kappa shape index (κ2) is 3.40. The normalized spacial score (nSPS) is 17.2. The van der Waals surface area contributed by atoms with Gasteiger partial charge < -0.3 is 21.1 Å². The van der Waals surface area contributed by atoms with Gasteiger partial charge in [0.15, 0.2) is 0 Å². The summed E-state index contributed by atoms with van der Waals surface area (Å²) in [6.07, 6.45) is 0. The Morgan fingerprint density at radius 1 is 1.58 bits per heavy atom. The van der Waals surface area contributed by atoms with Gasteiger partial charge in [0.1, 0.15) is 0 Å². The molecule has 0 aromatic carbocycles. The molecule has 1 saturated heterocycles. The second-order valence-electron chi connectivity index (χ2n) is 2.71. The molecule has 0 saturated carbocycles. The van der Waals surface area contributed by atoms with Crippen molar-refractivity contribution in [3.05, 3.63) is 0 Å². The lowest BCUT2D eigenvalue weighted by Crippen LogP contribution is -2.61. The molecule has 68 valence electrons. The predicted octanol–water partition coefficient (Wildman–Crippen LogP) is -1.58. The topological polar surface area (TPSA) is 95.7 Å². The number of nitrogens with one attached hydrogen (secondary N) is 1. The van der Waals surface area contributed by atoms with Gasteiger partial charge in [-0.25, -0.2) is 4.79 Å². The molecular weight excluding hydrogens is 162 g/mol. The molecule has 0 aliphatic carbocycles. The lowest BCUT2D eigenvalue weighted by molar-refractivity contribution is -0.136. The Bertz CT molecular complexity index is 197. The van der Waals surface area contributed by atoms with Gasteiger partial charge in [0.25, 0.3) is 0 Å². The Balaban J connectivity index is 2.10. The largest absolute Gasteiger partial charge is 0.480 e. The molecule has 1 rings (SSSR count). The molecule has 4 N–H and O–H groups in total. The lowest BCUT2D eigenvalue weighted by atomic mass is 10.1. The second-order valence-corrected chi connectivity index (χ2v) is 2.71. The number of likely N-dealkylation sites (tertiary alicyclic amines) is 1. The maximum absolute atomic E-state index is 10.5. The molecular formula is C6H11N3O3. The van der Waals surface area contributed by atoms with E-state index in [1.54, 1.807) is 0 Å². The fourth-order valence-corrected chi connectivity index (χ4v) is 1.02. The Hall–Kier alpha value is -1.30. The fraction of sp³-hybridized carbons (Fsp3) is 0.667. The smallest absolute Gasteiger partial charge is 0.317 e. The summed E-state index contributed by atoms with van der Waals surface area (Å²) in [5.74, 6) is -0.896. The first-order chi connectivity index (χ1) is 5.59. The minimum absolute atomic E-state index is 0.0722. The number of carboxylic acid groups (broad SMARTS) is 1. The third kappa shape index (κ3) is 2.09. The molecule has 0 aromatic heterocycles. The molecule has 0 aromatic rings. The van der Waals surface area contributed by atoms with E-state index in [0.29, 0.717) is 13.1 Å². The molecule has 1 fully saturated rings. The van der Waals surface area contributed by atoms with Crippen LogP contribution in [0, 0.1) is 0 Å². The minimum Gasteiger partial charge on any atom is -0.480 e. The van der Waals surface area contributed by atoms with Crippen LogP contribution < -0.4 is 11.1 Å². The predicted molar refractivity (Wildman–Crippen MR) is 40.6 cm³/mol. The van der Waals surface area contributed by atoms with Gasteiger partial charge in [-0.15, -0.1) is 0 Å². The van der Waals surface area contributed by atoms with Gasteiger partial charge in [-0.3, -0.25) is 4.79 Å². The zero-order valence-corrected chi connectivity index (χ0v) is 6.49. The molecule has 0 atom stereocenters. The molecule has 12 heavy (non-hydrogen) atoms. The van der Waals surface area contributed by atoms with Crippen LogP contribution in [-0.2, 0) is 4.79 Å². The van der Waals surface area contributed by atoms with Crippen molar-refractivity contribution >= 4 is 12.0 Å². The first-order valence-electron chi connectivity index (χ1n) is 3.59. The van der Waals surface area contributed by atoms with Crippen LogP contribution in [0.15, 0.2) is 0 Å². The van der Waals surface area contributed by atoms with Crippen molar-refractivity contribution in [1.29, 1.82) is 0 Å². The standard InChI is InChI=1S/C6H11N3O3/c7-6(12)9-2-4(3-9)8-1-5(10)11/h4,8H,1-3H2,(H2,7,12)(H,10,11). The van der Waals surface area contributed by atoms with Crippen LogP contribution in [0.25, 0.3) is 0 Å². The van der Waals surface area contributed by atoms with E-state index < -0.39 is 12.0 Å². The first-order valence-corrected chi connectivity index (χ1v) is 3.59. The summed E-state index contributed by atoms with van der Waals surface area (Å²) in [6, 6.07) is -0.378. The Kier molecular flexibility index (Phi) is 2.49. The minimum atomic E-state index is -0.896. The number of carbonyl (C=O) groups excluding carboxylic acids is 1. The number of carboxylic acids is 1. The maximum atomic E-state index is 10.5. The number of hydrogen-bond acceptors (Lipinski definition) is 3. The molecule has 6 heteroatoms. The Morgan fingerprint density at radius 2 is 2.17 bits per heavy atom. The van der Waals surface area contributed by atoms with E-state index in [0.717, 1.165) is 0 Å². The molecule has 6 nitrogen and oxygen atoms in total. The van der Waals surface area contributed by atoms with Crippen LogP contribution in [0.3, 0.4) is 0 Å². The summed E-state index contributed by atoms with van der Waals surface area (Å²) >= 11 is 0. The third-order valence-corrected chi connectivity index (χ3v) is 1.74. The SMILES string of the molecule is NC(=O)N1CC(NCC(=O)O)C1. The van der Waals surface area contributed by atoms with Crippen molar-refractivity contribution in [1.82, 2.24) is 10.2 Å². The van der Waals surface area contributed by atoms with Gasteiger partial charge in [0.2, 0.25) is 0 Å². The number of amides is 2. The van der Waals surface area contributed by atoms with Crippen LogP contribution in [0.4, 0.5) is 4.79 Å². The zero-order valence-electron chi connectivity index (χ0n) is 6.49. The van der Waals surface area contributed by atoms with Crippen LogP contribution in [0.2, 0.25) is 0 Å². The summed E-state index contributed by atoms with van der Waals surface area (Å²) in [5.41, 5.74) is 4.96. The van der Waals surface area contributed by atoms with E-state index >= 15 is 0 Å². The maximum Gasteiger partial charge on any atom is 0.317 e. The summed E-state index contributed by atoms with van der Waals surface area (Å²) in [7, 11) is 0.